The lowest BCUT2D eigenvalue weighted by atomic mass is 10.2. The van der Waals surface area contributed by atoms with Crippen molar-refractivity contribution in [2.75, 3.05) is 13.4 Å². The molecule has 24 heavy (non-hydrogen) atoms. The van der Waals surface area contributed by atoms with Crippen LogP contribution in [-0.2, 0) is 16.1 Å². The second-order valence-electron chi connectivity index (χ2n) is 5.05. The molecule has 1 amide bonds. The molecule has 6 nitrogen and oxygen atoms in total. The van der Waals surface area contributed by atoms with Crippen LogP contribution < -0.4 is 14.8 Å². The van der Waals surface area contributed by atoms with Crippen LogP contribution in [0.3, 0.4) is 0 Å². The van der Waals surface area contributed by atoms with Crippen molar-refractivity contribution in [3.8, 4) is 11.5 Å². The normalized spacial score (nSPS) is 11.9. The minimum atomic E-state index is -0.579. The largest absolute Gasteiger partial charge is 0.454 e. The van der Waals surface area contributed by atoms with Gasteiger partial charge in [0.1, 0.15) is 0 Å². The Hall–Kier alpha value is -2.73. The molecule has 0 aromatic heterocycles. The lowest BCUT2D eigenvalue weighted by Gasteiger charge is -2.07. The SMILES string of the molecule is O=C(COC(=O)c1ccc(Cl)cc1)NCc1ccc2c(c1)OCO2. The standard InChI is InChI=1S/C17H14ClNO5/c18-13-4-2-12(3-5-13)17(21)22-9-16(20)19-8-11-1-6-14-15(7-11)24-10-23-14/h1-7H,8-10H2,(H,19,20). The number of hydrogen-bond donors (Lipinski definition) is 1. The molecule has 1 aliphatic heterocycles. The fourth-order valence-electron chi connectivity index (χ4n) is 2.10. The lowest BCUT2D eigenvalue weighted by molar-refractivity contribution is -0.124. The first kappa shape index (κ1) is 16.1. The van der Waals surface area contributed by atoms with E-state index in [2.05, 4.69) is 5.32 Å². The van der Waals surface area contributed by atoms with Crippen LogP contribution in [0.5, 0.6) is 11.5 Å². The van der Waals surface area contributed by atoms with Gasteiger partial charge in [-0.05, 0) is 42.0 Å². The van der Waals surface area contributed by atoms with Gasteiger partial charge in [-0.15, -0.1) is 0 Å². The number of hydrogen-bond acceptors (Lipinski definition) is 5. The number of nitrogens with one attached hydrogen (secondary N) is 1. The molecule has 0 saturated carbocycles. The molecule has 7 heteroatoms. The molecule has 1 aliphatic rings. The van der Waals surface area contributed by atoms with Gasteiger partial charge < -0.3 is 19.5 Å². The highest BCUT2D eigenvalue weighted by Gasteiger charge is 2.14. The Bertz CT molecular complexity index is 760. The number of ether oxygens (including phenoxy) is 3. The van der Waals surface area contributed by atoms with Crippen molar-refractivity contribution >= 4 is 23.5 Å². The van der Waals surface area contributed by atoms with Crippen LogP contribution in [0, 0.1) is 0 Å². The van der Waals surface area contributed by atoms with Crippen LogP contribution >= 0.6 is 11.6 Å². The van der Waals surface area contributed by atoms with E-state index in [0.717, 1.165) is 5.56 Å². The monoisotopic (exact) mass is 347 g/mol. The van der Waals surface area contributed by atoms with E-state index in [1.165, 1.54) is 12.1 Å². The van der Waals surface area contributed by atoms with Gasteiger partial charge in [-0.1, -0.05) is 17.7 Å². The Morgan fingerprint density at radius 3 is 2.62 bits per heavy atom. The van der Waals surface area contributed by atoms with Gasteiger partial charge in [-0.3, -0.25) is 4.79 Å². The van der Waals surface area contributed by atoms with Crippen LogP contribution in [0.4, 0.5) is 0 Å². The quantitative estimate of drug-likeness (QED) is 0.841. The van der Waals surface area contributed by atoms with Crippen LogP contribution in [0.2, 0.25) is 5.02 Å². The van der Waals surface area contributed by atoms with Gasteiger partial charge in [0.15, 0.2) is 18.1 Å². The second kappa shape index (κ2) is 7.23. The topological polar surface area (TPSA) is 73.9 Å². The third-order valence-corrected chi connectivity index (χ3v) is 3.59. The summed E-state index contributed by atoms with van der Waals surface area (Å²) in [6.45, 7) is 0.145. The number of halogens is 1. The zero-order valence-corrected chi connectivity index (χ0v) is 13.3. The Labute approximate surface area is 143 Å². The molecule has 1 heterocycles. The average Bonchev–Trinajstić information content (AvgIpc) is 3.06. The highest BCUT2D eigenvalue weighted by Crippen LogP contribution is 2.32. The summed E-state index contributed by atoms with van der Waals surface area (Å²) >= 11 is 5.75. The van der Waals surface area contributed by atoms with Crippen LogP contribution in [0.1, 0.15) is 15.9 Å². The van der Waals surface area contributed by atoms with Gasteiger partial charge >= 0.3 is 5.97 Å². The summed E-state index contributed by atoms with van der Waals surface area (Å²) in [6, 6.07) is 11.6. The number of amides is 1. The Balaban J connectivity index is 1.46. The molecule has 0 bridgehead atoms. The fraction of sp³-hybridized carbons (Fsp3) is 0.176. The molecule has 0 unspecified atom stereocenters. The van der Waals surface area contributed by atoms with Gasteiger partial charge in [0.25, 0.3) is 5.91 Å². The Morgan fingerprint density at radius 2 is 1.83 bits per heavy atom. The third kappa shape index (κ3) is 3.97. The van der Waals surface area contributed by atoms with E-state index in [1.807, 2.05) is 6.07 Å². The first-order valence-electron chi connectivity index (χ1n) is 7.20. The molecule has 2 aromatic carbocycles. The zero-order valence-electron chi connectivity index (χ0n) is 12.6. The van der Waals surface area contributed by atoms with Crippen molar-refractivity contribution < 1.29 is 23.8 Å². The number of fused-ring (bicyclic) bond motifs is 1. The highest BCUT2D eigenvalue weighted by molar-refractivity contribution is 6.30. The van der Waals surface area contributed by atoms with E-state index in [0.29, 0.717) is 28.6 Å². The minimum absolute atomic E-state index is 0.200. The van der Waals surface area contributed by atoms with Gasteiger partial charge in [0.05, 0.1) is 5.56 Å². The lowest BCUT2D eigenvalue weighted by Crippen LogP contribution is -2.28. The first-order chi connectivity index (χ1) is 11.6. The van der Waals surface area contributed by atoms with Crippen molar-refractivity contribution in [1.29, 1.82) is 0 Å². The van der Waals surface area contributed by atoms with Gasteiger partial charge in [0.2, 0.25) is 6.79 Å². The van der Waals surface area contributed by atoms with Crippen LogP contribution in [0.15, 0.2) is 42.5 Å². The fourth-order valence-corrected chi connectivity index (χ4v) is 2.23. The summed E-state index contributed by atoms with van der Waals surface area (Å²) in [7, 11) is 0. The van der Waals surface area contributed by atoms with Crippen LogP contribution in [0.25, 0.3) is 0 Å². The molecule has 124 valence electrons. The third-order valence-electron chi connectivity index (χ3n) is 3.34. The van der Waals surface area contributed by atoms with E-state index in [-0.39, 0.29) is 13.4 Å². The summed E-state index contributed by atoms with van der Waals surface area (Å²) < 4.78 is 15.4. The maximum atomic E-state index is 11.8. The second-order valence-corrected chi connectivity index (χ2v) is 5.48. The maximum Gasteiger partial charge on any atom is 0.338 e. The summed E-state index contributed by atoms with van der Waals surface area (Å²) in [4.78, 5) is 23.6. The molecule has 0 fully saturated rings. The van der Waals surface area contributed by atoms with Crippen molar-refractivity contribution in [3.63, 3.8) is 0 Å². The number of carbonyl (C=O) groups excluding carboxylic acids is 2. The van der Waals surface area contributed by atoms with Crippen molar-refractivity contribution in [1.82, 2.24) is 5.32 Å². The smallest absolute Gasteiger partial charge is 0.338 e. The van der Waals surface area contributed by atoms with E-state index in [9.17, 15) is 9.59 Å². The summed E-state index contributed by atoms with van der Waals surface area (Å²) in [5.74, 6) is 0.359. The summed E-state index contributed by atoms with van der Waals surface area (Å²) in [6.07, 6.45) is 0. The summed E-state index contributed by atoms with van der Waals surface area (Å²) in [5.41, 5.74) is 1.19. The van der Waals surface area contributed by atoms with Gasteiger partial charge in [0, 0.05) is 11.6 Å². The average molecular weight is 348 g/mol. The molecule has 0 atom stereocenters. The highest BCUT2D eigenvalue weighted by atomic mass is 35.5. The molecule has 0 radical (unpaired) electrons. The summed E-state index contributed by atoms with van der Waals surface area (Å²) in [5, 5.41) is 3.19. The molecule has 0 aliphatic carbocycles. The number of rotatable bonds is 5. The first-order valence-corrected chi connectivity index (χ1v) is 7.57. The van der Waals surface area contributed by atoms with Gasteiger partial charge in [-0.25, -0.2) is 4.79 Å². The van der Waals surface area contributed by atoms with Crippen molar-refractivity contribution in [2.45, 2.75) is 6.54 Å². The number of carbonyl (C=O) groups is 2. The maximum absolute atomic E-state index is 11.8. The van der Waals surface area contributed by atoms with E-state index in [4.69, 9.17) is 25.8 Å². The predicted molar refractivity (Wildman–Crippen MR) is 86.1 cm³/mol. The minimum Gasteiger partial charge on any atom is -0.454 e. The predicted octanol–water partition coefficient (Wildman–Crippen LogP) is 2.54. The molecule has 3 rings (SSSR count). The van der Waals surface area contributed by atoms with E-state index < -0.39 is 11.9 Å². The van der Waals surface area contributed by atoms with Crippen molar-refractivity contribution in [3.05, 3.63) is 58.6 Å². The van der Waals surface area contributed by atoms with Crippen LogP contribution in [-0.4, -0.2) is 25.3 Å². The van der Waals surface area contributed by atoms with E-state index in [1.54, 1.807) is 24.3 Å². The van der Waals surface area contributed by atoms with Crippen molar-refractivity contribution in [2.24, 2.45) is 0 Å². The molecular formula is C17H14ClNO5. The molecular weight excluding hydrogens is 334 g/mol. The Kier molecular flexibility index (Phi) is 4.86. The molecule has 2 aromatic rings. The van der Waals surface area contributed by atoms with E-state index >= 15 is 0 Å². The van der Waals surface area contributed by atoms with Gasteiger partial charge in [-0.2, -0.15) is 0 Å². The zero-order chi connectivity index (χ0) is 16.9. The molecule has 0 spiro atoms. The molecule has 0 saturated heterocycles. The molecule has 1 N–H and O–H groups in total. The number of benzene rings is 2. The Morgan fingerprint density at radius 1 is 1.08 bits per heavy atom. The number of esters is 1.